The van der Waals surface area contributed by atoms with Crippen LogP contribution in [0, 0.1) is 0 Å². The van der Waals surface area contributed by atoms with E-state index in [0.29, 0.717) is 5.02 Å². The van der Waals surface area contributed by atoms with Crippen LogP contribution < -0.4 is 5.73 Å². The standard InChI is InChI=1S/C13H14ClN3O2S/c1-17(9-10-3-2-4-11(14)7-10)20(18,19)12-5-6-16-13(15)8-12/h2-8H,9H2,1H3,(H2,15,16). The number of hydrogen-bond donors (Lipinski definition) is 1. The van der Waals surface area contributed by atoms with Crippen molar-refractivity contribution in [2.45, 2.75) is 11.4 Å². The fourth-order valence-corrected chi connectivity index (χ4v) is 3.14. The fraction of sp³-hybridized carbons (Fsp3) is 0.154. The van der Waals surface area contributed by atoms with Gasteiger partial charge in [0, 0.05) is 30.9 Å². The van der Waals surface area contributed by atoms with E-state index < -0.39 is 10.0 Å². The maximum Gasteiger partial charge on any atom is 0.243 e. The Bertz CT molecular complexity index is 719. The molecular formula is C13H14ClN3O2S. The summed E-state index contributed by atoms with van der Waals surface area (Å²) >= 11 is 5.89. The lowest BCUT2D eigenvalue weighted by Gasteiger charge is -2.17. The van der Waals surface area contributed by atoms with Crippen LogP contribution in [0.25, 0.3) is 0 Å². The van der Waals surface area contributed by atoms with Crippen LogP contribution in [0.3, 0.4) is 0 Å². The van der Waals surface area contributed by atoms with Gasteiger partial charge in [0.05, 0.1) is 4.90 Å². The first kappa shape index (κ1) is 14.8. The molecule has 0 aliphatic rings. The number of rotatable bonds is 4. The number of hydrogen-bond acceptors (Lipinski definition) is 4. The quantitative estimate of drug-likeness (QED) is 0.938. The predicted octanol–water partition coefficient (Wildman–Crippen LogP) is 2.14. The monoisotopic (exact) mass is 311 g/mol. The second-order valence-electron chi connectivity index (χ2n) is 4.31. The van der Waals surface area contributed by atoms with Crippen molar-refractivity contribution in [2.24, 2.45) is 0 Å². The molecule has 2 N–H and O–H groups in total. The van der Waals surface area contributed by atoms with Gasteiger partial charge in [-0.15, -0.1) is 0 Å². The molecule has 0 spiro atoms. The molecule has 0 amide bonds. The zero-order valence-electron chi connectivity index (χ0n) is 10.8. The fourth-order valence-electron chi connectivity index (χ4n) is 1.75. The van der Waals surface area contributed by atoms with E-state index in [2.05, 4.69) is 4.98 Å². The van der Waals surface area contributed by atoms with Crippen LogP contribution in [0.2, 0.25) is 5.02 Å². The number of sulfonamides is 1. The molecule has 20 heavy (non-hydrogen) atoms. The van der Waals surface area contributed by atoms with Crippen molar-refractivity contribution in [1.82, 2.24) is 9.29 Å². The van der Waals surface area contributed by atoms with Gasteiger partial charge in [-0.1, -0.05) is 23.7 Å². The van der Waals surface area contributed by atoms with E-state index in [4.69, 9.17) is 17.3 Å². The second-order valence-corrected chi connectivity index (χ2v) is 6.79. The minimum absolute atomic E-state index is 0.120. The van der Waals surface area contributed by atoms with Crippen molar-refractivity contribution < 1.29 is 8.42 Å². The van der Waals surface area contributed by atoms with E-state index in [1.807, 2.05) is 6.07 Å². The summed E-state index contributed by atoms with van der Waals surface area (Å²) in [4.78, 5) is 3.91. The largest absolute Gasteiger partial charge is 0.384 e. The highest BCUT2D eigenvalue weighted by molar-refractivity contribution is 7.89. The van der Waals surface area contributed by atoms with Crippen molar-refractivity contribution in [2.75, 3.05) is 12.8 Å². The Morgan fingerprint density at radius 2 is 2.05 bits per heavy atom. The molecule has 1 heterocycles. The summed E-state index contributed by atoms with van der Waals surface area (Å²) in [5.41, 5.74) is 6.33. The highest BCUT2D eigenvalue weighted by Crippen LogP contribution is 2.19. The highest BCUT2D eigenvalue weighted by Gasteiger charge is 2.21. The normalized spacial score (nSPS) is 11.8. The molecule has 0 bridgehead atoms. The number of nitrogens with two attached hydrogens (primary N) is 1. The Kier molecular flexibility index (Phi) is 4.27. The Balaban J connectivity index is 2.26. The summed E-state index contributed by atoms with van der Waals surface area (Å²) in [5, 5.41) is 0.571. The Morgan fingerprint density at radius 3 is 2.70 bits per heavy atom. The molecule has 0 unspecified atom stereocenters. The van der Waals surface area contributed by atoms with Crippen molar-refractivity contribution >= 4 is 27.4 Å². The van der Waals surface area contributed by atoms with Crippen LogP contribution in [0.4, 0.5) is 5.82 Å². The molecule has 0 aliphatic carbocycles. The van der Waals surface area contributed by atoms with Gasteiger partial charge in [0.1, 0.15) is 5.82 Å². The number of nitrogen functional groups attached to an aromatic ring is 1. The summed E-state index contributed by atoms with van der Waals surface area (Å²) in [7, 11) is -2.10. The number of pyridine rings is 1. The topological polar surface area (TPSA) is 76.3 Å². The van der Waals surface area contributed by atoms with Gasteiger partial charge in [-0.2, -0.15) is 4.31 Å². The predicted molar refractivity (Wildman–Crippen MR) is 78.8 cm³/mol. The SMILES string of the molecule is CN(Cc1cccc(Cl)c1)S(=O)(=O)c1ccnc(N)c1. The molecule has 5 nitrogen and oxygen atoms in total. The van der Waals surface area contributed by atoms with Gasteiger partial charge in [0.2, 0.25) is 10.0 Å². The summed E-state index contributed by atoms with van der Waals surface area (Å²) in [6, 6.07) is 9.82. The molecule has 106 valence electrons. The number of anilines is 1. The summed E-state index contributed by atoms with van der Waals surface area (Å²) in [6.45, 7) is 0.227. The maximum atomic E-state index is 12.4. The Hall–Kier alpha value is -1.63. The molecule has 0 radical (unpaired) electrons. The number of benzene rings is 1. The van der Waals surface area contributed by atoms with Crippen LogP contribution in [0.5, 0.6) is 0 Å². The number of aromatic nitrogens is 1. The summed E-state index contributed by atoms with van der Waals surface area (Å²) in [5.74, 6) is 0.169. The van der Waals surface area contributed by atoms with Crippen LogP contribution in [-0.2, 0) is 16.6 Å². The molecule has 7 heteroatoms. The molecule has 1 aromatic heterocycles. The van der Waals surface area contributed by atoms with Gasteiger partial charge in [0.25, 0.3) is 0 Å². The average Bonchev–Trinajstić information content (AvgIpc) is 2.38. The average molecular weight is 312 g/mol. The van der Waals surface area contributed by atoms with E-state index in [1.165, 1.54) is 29.7 Å². The van der Waals surface area contributed by atoms with Crippen molar-refractivity contribution in [3.05, 3.63) is 53.2 Å². The van der Waals surface area contributed by atoms with Gasteiger partial charge < -0.3 is 5.73 Å². The van der Waals surface area contributed by atoms with E-state index in [9.17, 15) is 8.42 Å². The molecule has 0 fully saturated rings. The first-order valence-corrected chi connectivity index (χ1v) is 7.64. The lowest BCUT2D eigenvalue weighted by Crippen LogP contribution is -2.26. The van der Waals surface area contributed by atoms with Crippen LogP contribution in [-0.4, -0.2) is 24.8 Å². The third kappa shape index (κ3) is 3.27. The molecule has 1 aromatic carbocycles. The third-order valence-electron chi connectivity index (χ3n) is 2.75. The molecule has 0 saturated heterocycles. The van der Waals surface area contributed by atoms with Gasteiger partial charge >= 0.3 is 0 Å². The van der Waals surface area contributed by atoms with Gasteiger partial charge in [-0.25, -0.2) is 13.4 Å². The molecule has 0 saturated carbocycles. The Labute approximate surface area is 123 Å². The molecule has 2 rings (SSSR count). The minimum Gasteiger partial charge on any atom is -0.384 e. The van der Waals surface area contributed by atoms with E-state index in [0.717, 1.165) is 5.56 Å². The second kappa shape index (κ2) is 5.78. The first-order chi connectivity index (χ1) is 9.39. The highest BCUT2D eigenvalue weighted by atomic mass is 35.5. The molecule has 2 aromatic rings. The van der Waals surface area contributed by atoms with Crippen molar-refractivity contribution in [3.8, 4) is 0 Å². The summed E-state index contributed by atoms with van der Waals surface area (Å²) in [6.07, 6.45) is 1.37. The number of halogens is 1. The van der Waals surface area contributed by atoms with Crippen molar-refractivity contribution in [1.29, 1.82) is 0 Å². The maximum absolute atomic E-state index is 12.4. The molecular weight excluding hydrogens is 298 g/mol. The van der Waals surface area contributed by atoms with Crippen LogP contribution >= 0.6 is 11.6 Å². The molecule has 0 atom stereocenters. The lowest BCUT2D eigenvalue weighted by atomic mass is 10.2. The van der Waals surface area contributed by atoms with Gasteiger partial charge in [0.15, 0.2) is 0 Å². The van der Waals surface area contributed by atoms with Gasteiger partial charge in [-0.05, 0) is 23.8 Å². The molecule has 0 aliphatic heterocycles. The number of nitrogens with zero attached hydrogens (tertiary/aromatic N) is 2. The van der Waals surface area contributed by atoms with Crippen molar-refractivity contribution in [3.63, 3.8) is 0 Å². The minimum atomic E-state index is -3.60. The van der Waals surface area contributed by atoms with Gasteiger partial charge in [-0.3, -0.25) is 0 Å². The summed E-state index contributed by atoms with van der Waals surface area (Å²) < 4.78 is 26.0. The zero-order chi connectivity index (χ0) is 14.8. The van der Waals surface area contributed by atoms with E-state index >= 15 is 0 Å². The van der Waals surface area contributed by atoms with Crippen LogP contribution in [0.15, 0.2) is 47.5 Å². The zero-order valence-corrected chi connectivity index (χ0v) is 12.4. The lowest BCUT2D eigenvalue weighted by molar-refractivity contribution is 0.466. The van der Waals surface area contributed by atoms with Crippen LogP contribution in [0.1, 0.15) is 5.56 Å². The van der Waals surface area contributed by atoms with E-state index in [1.54, 1.807) is 18.2 Å². The third-order valence-corrected chi connectivity index (χ3v) is 4.79. The smallest absolute Gasteiger partial charge is 0.243 e. The first-order valence-electron chi connectivity index (χ1n) is 5.82. The Morgan fingerprint density at radius 1 is 1.30 bits per heavy atom. The van der Waals surface area contributed by atoms with E-state index in [-0.39, 0.29) is 17.3 Å².